The van der Waals surface area contributed by atoms with Gasteiger partial charge in [-0.25, -0.2) is 9.97 Å². The van der Waals surface area contributed by atoms with Gasteiger partial charge in [0, 0.05) is 23.1 Å². The first-order valence-electron chi connectivity index (χ1n) is 8.81. The molecular weight excluding hydrogens is 356 g/mol. The lowest BCUT2D eigenvalue weighted by atomic mass is 10.2. The number of aromatic nitrogens is 2. The SMILES string of the molecule is COc1ccc(OC(C)C(=O)Nc2ccc(Nc3cc(C)ncn3)cc2)cc1. The van der Waals surface area contributed by atoms with Gasteiger partial charge in [-0.15, -0.1) is 0 Å². The fourth-order valence-corrected chi connectivity index (χ4v) is 2.46. The summed E-state index contributed by atoms with van der Waals surface area (Å²) in [5.74, 6) is 1.81. The molecule has 7 nitrogen and oxygen atoms in total. The molecule has 1 amide bonds. The van der Waals surface area contributed by atoms with Gasteiger partial charge in [0.2, 0.25) is 0 Å². The minimum absolute atomic E-state index is 0.233. The van der Waals surface area contributed by atoms with Crippen molar-refractivity contribution in [3.63, 3.8) is 0 Å². The Hall–Kier alpha value is -3.61. The van der Waals surface area contributed by atoms with E-state index in [1.54, 1.807) is 38.3 Å². The predicted molar refractivity (Wildman–Crippen MR) is 108 cm³/mol. The van der Waals surface area contributed by atoms with Gasteiger partial charge in [-0.1, -0.05) is 0 Å². The van der Waals surface area contributed by atoms with Crippen LogP contribution in [0.2, 0.25) is 0 Å². The van der Waals surface area contributed by atoms with Crippen LogP contribution in [0.25, 0.3) is 0 Å². The molecule has 0 aliphatic carbocycles. The maximum Gasteiger partial charge on any atom is 0.265 e. The molecule has 0 radical (unpaired) electrons. The molecule has 0 spiro atoms. The lowest BCUT2D eigenvalue weighted by molar-refractivity contribution is -0.122. The molecule has 0 fully saturated rings. The van der Waals surface area contributed by atoms with Gasteiger partial charge in [0.25, 0.3) is 5.91 Å². The molecule has 1 atom stereocenters. The summed E-state index contributed by atoms with van der Waals surface area (Å²) in [6, 6.07) is 16.3. The van der Waals surface area contributed by atoms with E-state index in [1.807, 2.05) is 37.3 Å². The largest absolute Gasteiger partial charge is 0.497 e. The highest BCUT2D eigenvalue weighted by atomic mass is 16.5. The van der Waals surface area contributed by atoms with Gasteiger partial charge >= 0.3 is 0 Å². The summed E-state index contributed by atoms with van der Waals surface area (Å²) in [5, 5.41) is 6.03. The van der Waals surface area contributed by atoms with E-state index in [0.29, 0.717) is 17.3 Å². The van der Waals surface area contributed by atoms with Crippen LogP contribution in [0.4, 0.5) is 17.2 Å². The molecule has 1 heterocycles. The average molecular weight is 378 g/mol. The van der Waals surface area contributed by atoms with Crippen LogP contribution in [0.1, 0.15) is 12.6 Å². The van der Waals surface area contributed by atoms with Crippen molar-refractivity contribution in [2.45, 2.75) is 20.0 Å². The van der Waals surface area contributed by atoms with Crippen LogP contribution in [0.5, 0.6) is 11.5 Å². The van der Waals surface area contributed by atoms with Gasteiger partial charge in [-0.3, -0.25) is 4.79 Å². The third kappa shape index (κ3) is 5.20. The standard InChI is InChI=1S/C21H22N4O3/c1-14-12-20(23-13-22-14)24-16-4-6-17(7-5-16)25-21(26)15(2)28-19-10-8-18(27-3)9-11-19/h4-13,15H,1-3H3,(H,25,26)(H,22,23,24). The summed E-state index contributed by atoms with van der Waals surface area (Å²) >= 11 is 0. The second-order valence-electron chi connectivity index (χ2n) is 6.17. The zero-order valence-electron chi connectivity index (χ0n) is 16.0. The van der Waals surface area contributed by atoms with Crippen LogP contribution in [0.3, 0.4) is 0 Å². The second-order valence-corrected chi connectivity index (χ2v) is 6.17. The Balaban J connectivity index is 1.55. The lowest BCUT2D eigenvalue weighted by Crippen LogP contribution is -2.30. The molecule has 0 saturated heterocycles. The number of ether oxygens (including phenoxy) is 2. The normalized spacial score (nSPS) is 11.4. The number of hydrogen-bond donors (Lipinski definition) is 2. The average Bonchev–Trinajstić information content (AvgIpc) is 2.70. The minimum Gasteiger partial charge on any atom is -0.497 e. The van der Waals surface area contributed by atoms with Gasteiger partial charge in [0.1, 0.15) is 23.6 Å². The third-order valence-electron chi connectivity index (χ3n) is 3.97. The Bertz CT molecular complexity index is 927. The van der Waals surface area contributed by atoms with E-state index in [9.17, 15) is 4.79 Å². The number of carbonyl (C=O) groups is 1. The van der Waals surface area contributed by atoms with Crippen molar-refractivity contribution >= 4 is 23.1 Å². The minimum atomic E-state index is -0.643. The Labute approximate surface area is 163 Å². The number of methoxy groups -OCH3 is 1. The summed E-state index contributed by atoms with van der Waals surface area (Å²) in [6.45, 7) is 3.60. The maximum atomic E-state index is 12.4. The molecule has 0 aliphatic heterocycles. The van der Waals surface area contributed by atoms with Crippen LogP contribution in [0, 0.1) is 6.92 Å². The molecule has 3 rings (SSSR count). The first-order chi connectivity index (χ1) is 13.5. The lowest BCUT2D eigenvalue weighted by Gasteiger charge is -2.15. The highest BCUT2D eigenvalue weighted by Crippen LogP contribution is 2.20. The van der Waals surface area contributed by atoms with Crippen molar-refractivity contribution < 1.29 is 14.3 Å². The van der Waals surface area contributed by atoms with Crippen LogP contribution in [-0.2, 0) is 4.79 Å². The van der Waals surface area contributed by atoms with Crippen LogP contribution in [-0.4, -0.2) is 29.1 Å². The molecule has 1 aromatic heterocycles. The number of rotatable bonds is 7. The van der Waals surface area contributed by atoms with Crippen molar-refractivity contribution in [3.05, 3.63) is 66.6 Å². The molecule has 1 unspecified atom stereocenters. The monoisotopic (exact) mass is 378 g/mol. The first-order valence-corrected chi connectivity index (χ1v) is 8.81. The Kier molecular flexibility index (Phi) is 6.06. The van der Waals surface area contributed by atoms with Gasteiger partial charge in [-0.05, 0) is 62.4 Å². The van der Waals surface area contributed by atoms with E-state index in [-0.39, 0.29) is 5.91 Å². The smallest absolute Gasteiger partial charge is 0.265 e. The summed E-state index contributed by atoms with van der Waals surface area (Å²) in [4.78, 5) is 20.6. The number of carbonyl (C=O) groups excluding carboxylic acids is 1. The number of nitrogens with zero attached hydrogens (tertiary/aromatic N) is 2. The molecule has 0 aliphatic rings. The van der Waals surface area contributed by atoms with E-state index in [1.165, 1.54) is 6.33 Å². The first kappa shape index (κ1) is 19.2. The Morgan fingerprint density at radius 2 is 1.61 bits per heavy atom. The number of aryl methyl sites for hydroxylation is 1. The Morgan fingerprint density at radius 3 is 2.25 bits per heavy atom. The molecule has 7 heteroatoms. The molecule has 144 valence electrons. The molecule has 2 aromatic carbocycles. The van der Waals surface area contributed by atoms with E-state index in [4.69, 9.17) is 9.47 Å². The van der Waals surface area contributed by atoms with Gasteiger partial charge in [0.05, 0.1) is 7.11 Å². The summed E-state index contributed by atoms with van der Waals surface area (Å²) in [7, 11) is 1.60. The number of benzene rings is 2. The summed E-state index contributed by atoms with van der Waals surface area (Å²) < 4.78 is 10.8. The van der Waals surface area contributed by atoms with Gasteiger partial charge in [0.15, 0.2) is 6.10 Å². The van der Waals surface area contributed by atoms with E-state index in [0.717, 1.165) is 17.1 Å². The Morgan fingerprint density at radius 1 is 0.964 bits per heavy atom. The van der Waals surface area contributed by atoms with Crippen molar-refractivity contribution in [1.29, 1.82) is 0 Å². The second kappa shape index (κ2) is 8.85. The molecule has 28 heavy (non-hydrogen) atoms. The van der Waals surface area contributed by atoms with E-state index >= 15 is 0 Å². The fraction of sp³-hybridized carbons (Fsp3) is 0.190. The highest BCUT2D eigenvalue weighted by Gasteiger charge is 2.15. The molecule has 0 bridgehead atoms. The quantitative estimate of drug-likeness (QED) is 0.648. The number of nitrogens with one attached hydrogen (secondary N) is 2. The third-order valence-corrected chi connectivity index (χ3v) is 3.97. The van der Waals surface area contributed by atoms with Gasteiger partial charge < -0.3 is 20.1 Å². The molecule has 2 N–H and O–H groups in total. The zero-order valence-corrected chi connectivity index (χ0v) is 16.0. The van der Waals surface area contributed by atoms with Crippen LogP contribution < -0.4 is 20.1 Å². The molecule has 0 saturated carbocycles. The summed E-state index contributed by atoms with van der Waals surface area (Å²) in [6.07, 6.45) is 0.867. The maximum absolute atomic E-state index is 12.4. The molecular formula is C21H22N4O3. The van der Waals surface area contributed by atoms with Crippen LogP contribution >= 0.6 is 0 Å². The van der Waals surface area contributed by atoms with Crippen LogP contribution in [0.15, 0.2) is 60.9 Å². The van der Waals surface area contributed by atoms with Gasteiger partial charge in [-0.2, -0.15) is 0 Å². The predicted octanol–water partition coefficient (Wildman–Crippen LogP) is 3.94. The topological polar surface area (TPSA) is 85.4 Å². The highest BCUT2D eigenvalue weighted by molar-refractivity contribution is 5.94. The zero-order chi connectivity index (χ0) is 19.9. The number of amides is 1. The van der Waals surface area contributed by atoms with E-state index < -0.39 is 6.10 Å². The van der Waals surface area contributed by atoms with Crippen molar-refractivity contribution in [1.82, 2.24) is 9.97 Å². The fourth-order valence-electron chi connectivity index (χ4n) is 2.46. The number of hydrogen-bond acceptors (Lipinski definition) is 6. The molecule has 3 aromatic rings. The van der Waals surface area contributed by atoms with E-state index in [2.05, 4.69) is 20.6 Å². The number of anilines is 3. The van der Waals surface area contributed by atoms with Crippen molar-refractivity contribution in [3.8, 4) is 11.5 Å². The van der Waals surface area contributed by atoms with Crippen molar-refractivity contribution in [2.75, 3.05) is 17.7 Å². The van der Waals surface area contributed by atoms with Crippen molar-refractivity contribution in [2.24, 2.45) is 0 Å². The summed E-state index contributed by atoms with van der Waals surface area (Å²) in [5.41, 5.74) is 2.42.